The summed E-state index contributed by atoms with van der Waals surface area (Å²) in [5, 5.41) is 0. The van der Waals surface area contributed by atoms with Crippen LogP contribution in [0.5, 0.6) is 0 Å². The van der Waals surface area contributed by atoms with E-state index < -0.39 is 0 Å². The lowest BCUT2D eigenvalue weighted by molar-refractivity contribution is -0.208. The van der Waals surface area contributed by atoms with Crippen LogP contribution in [0.3, 0.4) is 0 Å². The van der Waals surface area contributed by atoms with E-state index in [0.717, 1.165) is 32.5 Å². The van der Waals surface area contributed by atoms with Gasteiger partial charge in [0.1, 0.15) is 5.72 Å². The van der Waals surface area contributed by atoms with Crippen LogP contribution in [-0.2, 0) is 9.47 Å². The molecule has 0 aromatic heterocycles. The molecule has 1 heterocycles. The van der Waals surface area contributed by atoms with Gasteiger partial charge in [0.25, 0.3) is 0 Å². The van der Waals surface area contributed by atoms with Gasteiger partial charge in [0.15, 0.2) is 0 Å². The average molecular weight is 187 g/mol. The summed E-state index contributed by atoms with van der Waals surface area (Å²) in [4.78, 5) is 2.38. The SMILES string of the molecule is CCCC1(OC)COCCN1CC. The number of ether oxygens (including phenoxy) is 2. The zero-order valence-corrected chi connectivity index (χ0v) is 9.01. The smallest absolute Gasteiger partial charge is 0.144 e. The first-order valence-corrected chi connectivity index (χ1v) is 5.17. The standard InChI is InChI=1S/C10H21NO2/c1-4-6-10(12-3)9-13-8-7-11(10)5-2/h4-9H2,1-3H3. The molecule has 1 unspecified atom stereocenters. The van der Waals surface area contributed by atoms with E-state index in [9.17, 15) is 0 Å². The van der Waals surface area contributed by atoms with E-state index in [1.54, 1.807) is 7.11 Å². The maximum atomic E-state index is 5.62. The van der Waals surface area contributed by atoms with Gasteiger partial charge in [-0.2, -0.15) is 0 Å². The maximum absolute atomic E-state index is 5.62. The lowest BCUT2D eigenvalue weighted by atomic mass is 10.1. The van der Waals surface area contributed by atoms with E-state index in [4.69, 9.17) is 9.47 Å². The second-order valence-electron chi connectivity index (χ2n) is 3.53. The summed E-state index contributed by atoms with van der Waals surface area (Å²) in [5.74, 6) is 0. The maximum Gasteiger partial charge on any atom is 0.144 e. The van der Waals surface area contributed by atoms with Crippen LogP contribution in [0.15, 0.2) is 0 Å². The van der Waals surface area contributed by atoms with E-state index >= 15 is 0 Å². The van der Waals surface area contributed by atoms with E-state index in [1.165, 1.54) is 0 Å². The van der Waals surface area contributed by atoms with Crippen LogP contribution in [0.4, 0.5) is 0 Å². The van der Waals surface area contributed by atoms with Gasteiger partial charge in [0.2, 0.25) is 0 Å². The zero-order chi connectivity index (χ0) is 9.73. The van der Waals surface area contributed by atoms with Gasteiger partial charge in [0.05, 0.1) is 13.2 Å². The molecule has 78 valence electrons. The topological polar surface area (TPSA) is 21.7 Å². The van der Waals surface area contributed by atoms with Crippen molar-refractivity contribution in [2.45, 2.75) is 32.4 Å². The van der Waals surface area contributed by atoms with Crippen molar-refractivity contribution in [2.24, 2.45) is 0 Å². The third-order valence-corrected chi connectivity index (χ3v) is 2.81. The summed E-state index contributed by atoms with van der Waals surface area (Å²) in [6, 6.07) is 0. The van der Waals surface area contributed by atoms with Crippen LogP contribution in [0.1, 0.15) is 26.7 Å². The Hall–Kier alpha value is -0.120. The van der Waals surface area contributed by atoms with Crippen LogP contribution in [0, 0.1) is 0 Å². The molecule has 1 atom stereocenters. The first kappa shape index (κ1) is 11.0. The van der Waals surface area contributed by atoms with Crippen molar-refractivity contribution >= 4 is 0 Å². The van der Waals surface area contributed by atoms with Gasteiger partial charge in [-0.25, -0.2) is 0 Å². The molecule has 1 aliphatic rings. The van der Waals surface area contributed by atoms with Crippen LogP contribution in [0.25, 0.3) is 0 Å². The monoisotopic (exact) mass is 187 g/mol. The van der Waals surface area contributed by atoms with Crippen LogP contribution in [-0.4, -0.2) is 44.0 Å². The lowest BCUT2D eigenvalue weighted by Gasteiger charge is -2.45. The van der Waals surface area contributed by atoms with Crippen molar-refractivity contribution in [1.29, 1.82) is 0 Å². The van der Waals surface area contributed by atoms with Crippen molar-refractivity contribution in [3.05, 3.63) is 0 Å². The van der Waals surface area contributed by atoms with Crippen LogP contribution in [0.2, 0.25) is 0 Å². The number of likely N-dealkylation sites (N-methyl/N-ethyl adjacent to an activating group) is 1. The summed E-state index contributed by atoms with van der Waals surface area (Å²) < 4.78 is 11.1. The molecule has 3 heteroatoms. The molecule has 0 radical (unpaired) electrons. The number of morpholine rings is 1. The van der Waals surface area contributed by atoms with E-state index in [0.29, 0.717) is 6.61 Å². The molecular formula is C10H21NO2. The molecule has 1 aliphatic heterocycles. The molecule has 1 saturated heterocycles. The molecule has 1 rings (SSSR count). The van der Waals surface area contributed by atoms with Gasteiger partial charge in [-0.3, -0.25) is 4.90 Å². The highest BCUT2D eigenvalue weighted by Gasteiger charge is 2.37. The predicted octanol–water partition coefficient (Wildman–Crippen LogP) is 1.48. The van der Waals surface area contributed by atoms with Gasteiger partial charge in [-0.05, 0) is 13.0 Å². The Balaban J connectivity index is 2.66. The molecule has 3 nitrogen and oxygen atoms in total. The summed E-state index contributed by atoms with van der Waals surface area (Å²) >= 11 is 0. The molecule has 0 aromatic carbocycles. The van der Waals surface area contributed by atoms with E-state index in [-0.39, 0.29) is 5.72 Å². The minimum Gasteiger partial charge on any atom is -0.376 e. The second-order valence-corrected chi connectivity index (χ2v) is 3.53. The molecule has 0 amide bonds. The molecule has 0 bridgehead atoms. The zero-order valence-electron chi connectivity index (χ0n) is 9.01. The summed E-state index contributed by atoms with van der Waals surface area (Å²) in [7, 11) is 1.78. The highest BCUT2D eigenvalue weighted by molar-refractivity contribution is 4.83. The first-order valence-electron chi connectivity index (χ1n) is 5.17. The molecule has 0 saturated carbocycles. The van der Waals surface area contributed by atoms with Gasteiger partial charge in [0, 0.05) is 13.7 Å². The van der Waals surface area contributed by atoms with E-state index in [1.807, 2.05) is 0 Å². The number of methoxy groups -OCH3 is 1. The third-order valence-electron chi connectivity index (χ3n) is 2.81. The lowest BCUT2D eigenvalue weighted by Crippen LogP contribution is -2.57. The predicted molar refractivity (Wildman–Crippen MR) is 52.7 cm³/mol. The van der Waals surface area contributed by atoms with Crippen molar-refractivity contribution in [2.75, 3.05) is 33.4 Å². The number of rotatable bonds is 4. The Bertz CT molecular complexity index is 148. The average Bonchev–Trinajstić information content (AvgIpc) is 2.19. The molecule has 0 spiro atoms. The Morgan fingerprint density at radius 2 is 2.23 bits per heavy atom. The van der Waals surface area contributed by atoms with Crippen molar-refractivity contribution in [3.63, 3.8) is 0 Å². The number of nitrogens with zero attached hydrogens (tertiary/aromatic N) is 1. The van der Waals surface area contributed by atoms with Crippen LogP contribution >= 0.6 is 0 Å². The van der Waals surface area contributed by atoms with E-state index in [2.05, 4.69) is 18.7 Å². The fourth-order valence-electron chi connectivity index (χ4n) is 2.06. The van der Waals surface area contributed by atoms with Gasteiger partial charge >= 0.3 is 0 Å². The highest BCUT2D eigenvalue weighted by atomic mass is 16.6. The van der Waals surface area contributed by atoms with Gasteiger partial charge in [-0.1, -0.05) is 20.3 Å². The van der Waals surface area contributed by atoms with Gasteiger partial charge in [-0.15, -0.1) is 0 Å². The second kappa shape index (κ2) is 4.94. The van der Waals surface area contributed by atoms with Crippen molar-refractivity contribution in [1.82, 2.24) is 4.90 Å². The summed E-state index contributed by atoms with van der Waals surface area (Å²) in [6.45, 7) is 7.94. The molecular weight excluding hydrogens is 166 g/mol. The van der Waals surface area contributed by atoms with Gasteiger partial charge < -0.3 is 9.47 Å². The fraction of sp³-hybridized carbons (Fsp3) is 1.00. The third kappa shape index (κ3) is 2.22. The Labute approximate surface area is 81.0 Å². The summed E-state index contributed by atoms with van der Waals surface area (Å²) in [5.41, 5.74) is -0.151. The Morgan fingerprint density at radius 3 is 2.77 bits per heavy atom. The molecule has 0 N–H and O–H groups in total. The van der Waals surface area contributed by atoms with Crippen molar-refractivity contribution in [3.8, 4) is 0 Å². The number of hydrogen-bond donors (Lipinski definition) is 0. The number of hydrogen-bond acceptors (Lipinski definition) is 3. The molecule has 0 aliphatic carbocycles. The summed E-state index contributed by atoms with van der Waals surface area (Å²) in [6.07, 6.45) is 2.19. The largest absolute Gasteiger partial charge is 0.376 e. The molecule has 1 fully saturated rings. The Morgan fingerprint density at radius 1 is 1.46 bits per heavy atom. The fourth-order valence-corrected chi connectivity index (χ4v) is 2.06. The Kier molecular flexibility index (Phi) is 4.16. The quantitative estimate of drug-likeness (QED) is 0.665. The molecule has 13 heavy (non-hydrogen) atoms. The minimum atomic E-state index is -0.151. The first-order chi connectivity index (χ1) is 6.29. The minimum absolute atomic E-state index is 0.151. The van der Waals surface area contributed by atoms with Crippen molar-refractivity contribution < 1.29 is 9.47 Å². The molecule has 0 aromatic rings. The normalized spacial score (nSPS) is 30.7. The van der Waals surface area contributed by atoms with Crippen LogP contribution < -0.4 is 0 Å². The highest BCUT2D eigenvalue weighted by Crippen LogP contribution is 2.25.